The summed E-state index contributed by atoms with van der Waals surface area (Å²) in [5, 5.41) is 12.8. The molecule has 3 aromatic rings. The van der Waals surface area contributed by atoms with Crippen molar-refractivity contribution in [2.75, 3.05) is 4.72 Å². The van der Waals surface area contributed by atoms with Gasteiger partial charge in [-0.15, -0.1) is 0 Å². The Kier molecular flexibility index (Phi) is 4.02. The van der Waals surface area contributed by atoms with Crippen LogP contribution in [0.3, 0.4) is 0 Å². The molecule has 24 heavy (non-hydrogen) atoms. The first kappa shape index (κ1) is 15.7. The number of benzene rings is 2. The highest BCUT2D eigenvalue weighted by Crippen LogP contribution is 2.24. The molecule has 0 amide bonds. The van der Waals surface area contributed by atoms with E-state index in [-0.39, 0.29) is 10.5 Å². The molecule has 120 valence electrons. The second-order valence-corrected chi connectivity index (χ2v) is 6.59. The first-order chi connectivity index (χ1) is 11.5. The Labute approximate surface area is 138 Å². The van der Waals surface area contributed by atoms with Gasteiger partial charge in [0.2, 0.25) is 0 Å². The Hall–Kier alpha value is -3.18. The van der Waals surface area contributed by atoms with Crippen LogP contribution in [0.2, 0.25) is 0 Å². The molecule has 0 saturated heterocycles. The van der Waals surface area contributed by atoms with Gasteiger partial charge in [0.05, 0.1) is 5.56 Å². The SMILES string of the molecule is Cc1noc(-c2cccc(NS(=O)(=O)c3ccccc3C#N)c2)n1. The van der Waals surface area contributed by atoms with Crippen LogP contribution < -0.4 is 4.72 Å². The smallest absolute Gasteiger partial charge is 0.263 e. The highest BCUT2D eigenvalue weighted by atomic mass is 32.2. The van der Waals surface area contributed by atoms with Crippen LogP contribution in [-0.2, 0) is 10.0 Å². The Bertz CT molecular complexity index is 1040. The Morgan fingerprint density at radius 3 is 2.67 bits per heavy atom. The molecule has 3 rings (SSSR count). The highest BCUT2D eigenvalue weighted by molar-refractivity contribution is 7.92. The predicted octanol–water partition coefficient (Wildman–Crippen LogP) is 2.72. The largest absolute Gasteiger partial charge is 0.334 e. The number of nitrogens with zero attached hydrogens (tertiary/aromatic N) is 3. The highest BCUT2D eigenvalue weighted by Gasteiger charge is 2.18. The minimum Gasteiger partial charge on any atom is -0.334 e. The van der Waals surface area contributed by atoms with E-state index in [2.05, 4.69) is 14.9 Å². The Morgan fingerprint density at radius 2 is 1.96 bits per heavy atom. The lowest BCUT2D eigenvalue weighted by Gasteiger charge is -2.09. The number of rotatable bonds is 4. The molecule has 0 aliphatic rings. The van der Waals surface area contributed by atoms with Crippen LogP contribution in [0.15, 0.2) is 57.9 Å². The van der Waals surface area contributed by atoms with E-state index < -0.39 is 10.0 Å². The van der Waals surface area contributed by atoms with Crippen molar-refractivity contribution in [2.24, 2.45) is 0 Å². The number of sulfonamides is 1. The maximum Gasteiger partial charge on any atom is 0.263 e. The molecule has 0 aliphatic carbocycles. The van der Waals surface area contributed by atoms with Gasteiger partial charge in [-0.2, -0.15) is 10.2 Å². The molecule has 0 spiro atoms. The van der Waals surface area contributed by atoms with Crippen molar-refractivity contribution in [1.29, 1.82) is 5.26 Å². The van der Waals surface area contributed by atoms with Crippen LogP contribution in [0.5, 0.6) is 0 Å². The molecule has 8 heteroatoms. The zero-order chi connectivity index (χ0) is 17.2. The number of aryl methyl sites for hydroxylation is 1. The molecular weight excluding hydrogens is 328 g/mol. The summed E-state index contributed by atoms with van der Waals surface area (Å²) in [6.45, 7) is 1.69. The zero-order valence-corrected chi connectivity index (χ0v) is 13.4. The van der Waals surface area contributed by atoms with Crippen molar-refractivity contribution in [2.45, 2.75) is 11.8 Å². The quantitative estimate of drug-likeness (QED) is 0.782. The summed E-state index contributed by atoms with van der Waals surface area (Å²) >= 11 is 0. The van der Waals surface area contributed by atoms with Gasteiger partial charge in [0.1, 0.15) is 11.0 Å². The molecule has 0 bridgehead atoms. The van der Waals surface area contributed by atoms with Gasteiger partial charge in [0.15, 0.2) is 5.82 Å². The van der Waals surface area contributed by atoms with Crippen molar-refractivity contribution in [3.05, 3.63) is 59.9 Å². The van der Waals surface area contributed by atoms with Gasteiger partial charge in [-0.3, -0.25) is 4.72 Å². The third-order valence-electron chi connectivity index (χ3n) is 3.19. The molecule has 7 nitrogen and oxygen atoms in total. The molecule has 0 radical (unpaired) electrons. The lowest BCUT2D eigenvalue weighted by atomic mass is 10.2. The molecule has 1 aromatic heterocycles. The van der Waals surface area contributed by atoms with E-state index in [0.717, 1.165) is 0 Å². The van der Waals surface area contributed by atoms with Gasteiger partial charge < -0.3 is 4.52 Å². The summed E-state index contributed by atoms with van der Waals surface area (Å²) in [5.74, 6) is 0.782. The van der Waals surface area contributed by atoms with Gasteiger partial charge in [-0.25, -0.2) is 8.42 Å². The van der Waals surface area contributed by atoms with Crippen molar-refractivity contribution >= 4 is 15.7 Å². The van der Waals surface area contributed by atoms with E-state index in [1.54, 1.807) is 43.3 Å². The molecule has 0 saturated carbocycles. The standard InChI is InChI=1S/C16H12N4O3S/c1-11-18-16(23-19-11)12-6-4-7-14(9-12)20-24(21,22)15-8-3-2-5-13(15)10-17/h2-9,20H,1H3. The first-order valence-electron chi connectivity index (χ1n) is 6.92. The molecule has 0 fully saturated rings. The molecule has 1 N–H and O–H groups in total. The summed E-state index contributed by atoms with van der Waals surface area (Å²) in [4.78, 5) is 4.03. The Balaban J connectivity index is 1.95. The second-order valence-electron chi connectivity index (χ2n) is 4.94. The molecule has 2 aromatic carbocycles. The molecule has 0 unspecified atom stereocenters. The third-order valence-corrected chi connectivity index (χ3v) is 4.63. The van der Waals surface area contributed by atoms with E-state index in [1.165, 1.54) is 12.1 Å². The number of nitriles is 1. The summed E-state index contributed by atoms with van der Waals surface area (Å²) in [6.07, 6.45) is 0. The number of aromatic nitrogens is 2. The van der Waals surface area contributed by atoms with Crippen LogP contribution in [0, 0.1) is 18.3 Å². The first-order valence-corrected chi connectivity index (χ1v) is 8.40. The maximum absolute atomic E-state index is 12.5. The minimum absolute atomic E-state index is 0.0773. The summed E-state index contributed by atoms with van der Waals surface area (Å²) < 4.78 is 32.6. The normalized spacial score (nSPS) is 11.0. The van der Waals surface area contributed by atoms with Gasteiger partial charge in [0.25, 0.3) is 15.9 Å². The molecular formula is C16H12N4O3S. The van der Waals surface area contributed by atoms with E-state index in [1.807, 2.05) is 6.07 Å². The van der Waals surface area contributed by atoms with E-state index in [4.69, 9.17) is 9.78 Å². The maximum atomic E-state index is 12.5. The lowest BCUT2D eigenvalue weighted by Crippen LogP contribution is -2.14. The van der Waals surface area contributed by atoms with E-state index in [9.17, 15) is 8.42 Å². The number of hydrogen-bond donors (Lipinski definition) is 1. The van der Waals surface area contributed by atoms with Crippen molar-refractivity contribution in [1.82, 2.24) is 10.1 Å². The van der Waals surface area contributed by atoms with Crippen LogP contribution in [-0.4, -0.2) is 18.6 Å². The average Bonchev–Trinajstić information content (AvgIpc) is 3.01. The van der Waals surface area contributed by atoms with Gasteiger partial charge >= 0.3 is 0 Å². The minimum atomic E-state index is -3.89. The monoisotopic (exact) mass is 340 g/mol. The fraction of sp³-hybridized carbons (Fsp3) is 0.0625. The van der Waals surface area contributed by atoms with Crippen LogP contribution in [0.4, 0.5) is 5.69 Å². The predicted molar refractivity (Wildman–Crippen MR) is 86.4 cm³/mol. The zero-order valence-electron chi connectivity index (χ0n) is 12.6. The summed E-state index contributed by atoms with van der Waals surface area (Å²) in [5.41, 5.74) is 0.995. The molecule has 0 aliphatic heterocycles. The van der Waals surface area contributed by atoms with Gasteiger partial charge in [-0.05, 0) is 37.3 Å². The van der Waals surface area contributed by atoms with Crippen molar-refractivity contribution in [3.8, 4) is 17.5 Å². The number of anilines is 1. The van der Waals surface area contributed by atoms with Crippen LogP contribution in [0.25, 0.3) is 11.5 Å². The number of nitrogens with one attached hydrogen (secondary N) is 1. The van der Waals surface area contributed by atoms with Crippen molar-refractivity contribution < 1.29 is 12.9 Å². The summed E-state index contributed by atoms with van der Waals surface area (Å²) in [7, 11) is -3.89. The Morgan fingerprint density at radius 1 is 1.17 bits per heavy atom. The number of hydrogen-bond acceptors (Lipinski definition) is 6. The van der Waals surface area contributed by atoms with E-state index in [0.29, 0.717) is 23.0 Å². The van der Waals surface area contributed by atoms with Crippen molar-refractivity contribution in [3.63, 3.8) is 0 Å². The fourth-order valence-corrected chi connectivity index (χ4v) is 3.34. The van der Waals surface area contributed by atoms with Crippen LogP contribution in [0.1, 0.15) is 11.4 Å². The average molecular weight is 340 g/mol. The van der Waals surface area contributed by atoms with Gasteiger partial charge in [-0.1, -0.05) is 23.4 Å². The van der Waals surface area contributed by atoms with E-state index >= 15 is 0 Å². The lowest BCUT2D eigenvalue weighted by molar-refractivity contribution is 0.425. The van der Waals surface area contributed by atoms with Crippen LogP contribution >= 0.6 is 0 Å². The molecule has 0 atom stereocenters. The topological polar surface area (TPSA) is 109 Å². The van der Waals surface area contributed by atoms with Gasteiger partial charge in [0, 0.05) is 11.3 Å². The molecule has 1 heterocycles. The fourth-order valence-electron chi connectivity index (χ4n) is 2.13. The second kappa shape index (κ2) is 6.14. The third kappa shape index (κ3) is 3.11. The summed E-state index contributed by atoms with van der Waals surface area (Å²) in [6, 6.07) is 14.5.